The van der Waals surface area contributed by atoms with Gasteiger partial charge in [-0.1, -0.05) is 375 Å². The molecule has 19 heteroatoms. The molecule has 0 aliphatic rings. The van der Waals surface area contributed by atoms with E-state index >= 15 is 0 Å². The Balaban J connectivity index is 5.21. The van der Waals surface area contributed by atoms with E-state index in [2.05, 4.69) is 34.6 Å². The van der Waals surface area contributed by atoms with Gasteiger partial charge in [-0.15, -0.1) is 0 Å². The van der Waals surface area contributed by atoms with Gasteiger partial charge in [0.25, 0.3) is 0 Å². The highest BCUT2D eigenvalue weighted by molar-refractivity contribution is 7.47. The van der Waals surface area contributed by atoms with Gasteiger partial charge in [0.2, 0.25) is 0 Å². The minimum atomic E-state index is -4.96. The molecule has 0 fully saturated rings. The molecule has 0 heterocycles. The molecule has 3 unspecified atom stereocenters. The van der Waals surface area contributed by atoms with Crippen molar-refractivity contribution >= 4 is 39.5 Å². The van der Waals surface area contributed by atoms with Crippen LogP contribution in [0.1, 0.15) is 426 Å². The van der Waals surface area contributed by atoms with E-state index in [-0.39, 0.29) is 25.7 Å². The summed E-state index contributed by atoms with van der Waals surface area (Å²) in [5, 5.41) is 10.6. The highest BCUT2D eigenvalue weighted by Crippen LogP contribution is 2.45. The van der Waals surface area contributed by atoms with E-state index in [1.807, 2.05) is 0 Å². The van der Waals surface area contributed by atoms with Gasteiger partial charge in [0.05, 0.1) is 26.4 Å². The van der Waals surface area contributed by atoms with Crippen LogP contribution in [0.15, 0.2) is 0 Å². The Morgan fingerprint density at radius 3 is 0.717 bits per heavy atom. The molecule has 6 atom stereocenters. The number of rotatable bonds is 80. The van der Waals surface area contributed by atoms with Crippen molar-refractivity contribution in [1.82, 2.24) is 0 Å². The van der Waals surface area contributed by atoms with Crippen molar-refractivity contribution in [3.8, 4) is 0 Å². The predicted octanol–water partition coefficient (Wildman–Crippen LogP) is 24.0. The lowest BCUT2D eigenvalue weighted by Gasteiger charge is -2.21. The van der Waals surface area contributed by atoms with Crippen molar-refractivity contribution in [2.75, 3.05) is 39.6 Å². The third-order valence-corrected chi connectivity index (χ3v) is 21.0. The maximum absolute atomic E-state index is 13.1. The Labute approximate surface area is 607 Å². The van der Waals surface area contributed by atoms with Gasteiger partial charge in [-0.3, -0.25) is 37.3 Å². The predicted molar refractivity (Wildman–Crippen MR) is 405 cm³/mol. The summed E-state index contributed by atoms with van der Waals surface area (Å²) in [7, 11) is -9.91. The molecular weight excluding hydrogens is 1290 g/mol. The molecule has 0 bridgehead atoms. The highest BCUT2D eigenvalue weighted by Gasteiger charge is 2.30. The lowest BCUT2D eigenvalue weighted by atomic mass is 9.99. The van der Waals surface area contributed by atoms with E-state index in [1.165, 1.54) is 250 Å². The molecule has 0 amide bonds. The number of carbonyl (C=O) groups is 4. The van der Waals surface area contributed by atoms with Gasteiger partial charge >= 0.3 is 39.5 Å². The molecule has 0 aromatic carbocycles. The average molecular weight is 1450 g/mol. The van der Waals surface area contributed by atoms with Gasteiger partial charge in [0.15, 0.2) is 12.2 Å². The SMILES string of the molecule is CCCCCCCCCCCCCCCCCCCCCCC(=O)O[C@H](COC(=O)CCCCCCCCCCCCCCCCCCCC)COP(=O)(O)OC[C@@H](O)COP(=O)(O)OC[C@@H](COC(=O)CCCCCCCCCCC)OC(=O)CCCCCCCCCCC(C)CC. The molecule has 0 spiro atoms. The third-order valence-electron chi connectivity index (χ3n) is 19.1. The van der Waals surface area contributed by atoms with Crippen molar-refractivity contribution in [2.45, 2.75) is 445 Å². The number of phosphoric ester groups is 2. The zero-order chi connectivity index (χ0) is 72.7. The van der Waals surface area contributed by atoms with Crippen molar-refractivity contribution in [1.29, 1.82) is 0 Å². The molecule has 0 aromatic rings. The number of phosphoric acid groups is 2. The first-order valence-electron chi connectivity index (χ1n) is 41.7. The van der Waals surface area contributed by atoms with Crippen molar-refractivity contribution in [3.05, 3.63) is 0 Å². The summed E-state index contributed by atoms with van der Waals surface area (Å²) in [5.41, 5.74) is 0. The first-order chi connectivity index (χ1) is 48.1. The summed E-state index contributed by atoms with van der Waals surface area (Å²) in [4.78, 5) is 72.9. The molecule has 588 valence electrons. The molecule has 99 heavy (non-hydrogen) atoms. The van der Waals surface area contributed by atoms with Crippen LogP contribution in [0.25, 0.3) is 0 Å². The van der Waals surface area contributed by atoms with E-state index in [9.17, 15) is 43.2 Å². The normalized spacial score (nSPS) is 14.1. The number of esters is 4. The van der Waals surface area contributed by atoms with Gasteiger partial charge in [0.1, 0.15) is 19.3 Å². The standard InChI is InChI=1S/C80H156O17P2/c1-6-10-13-16-19-22-24-26-28-30-32-33-35-37-39-41-44-50-55-60-65-79(84)96-75(70-91-78(83)64-59-54-49-43-40-38-36-34-31-29-27-25-23-20-17-14-11-7-2)71-94-98(86,87)92-67-74(81)68-93-99(88,89)95-72-76(69-90-77(82)63-58-53-48-42-21-18-15-12-8-3)97-80(85)66-61-56-51-46-45-47-52-57-62-73(5)9-4/h73-76,81H,6-72H2,1-5H3,(H,86,87)(H,88,89)/t73?,74-,75-,76-/m1/s1. The average Bonchev–Trinajstić information content (AvgIpc) is 3.17. The smallest absolute Gasteiger partial charge is 0.462 e. The van der Waals surface area contributed by atoms with Crippen LogP contribution in [-0.2, 0) is 65.4 Å². The summed E-state index contributed by atoms with van der Waals surface area (Å²) in [6.07, 6.45) is 63.9. The molecule has 0 aromatic heterocycles. The second kappa shape index (κ2) is 73.0. The summed E-state index contributed by atoms with van der Waals surface area (Å²) in [6, 6.07) is 0. The Kier molecular flexibility index (Phi) is 71.6. The lowest BCUT2D eigenvalue weighted by molar-refractivity contribution is -0.161. The second-order valence-electron chi connectivity index (χ2n) is 29.1. The van der Waals surface area contributed by atoms with Crippen LogP contribution in [0.5, 0.6) is 0 Å². The van der Waals surface area contributed by atoms with Gasteiger partial charge < -0.3 is 33.8 Å². The Bertz CT molecular complexity index is 1890. The molecule has 3 N–H and O–H groups in total. The third kappa shape index (κ3) is 72.8. The van der Waals surface area contributed by atoms with Crippen LogP contribution in [0.2, 0.25) is 0 Å². The molecule has 0 saturated heterocycles. The fraction of sp³-hybridized carbons (Fsp3) is 0.950. The minimum absolute atomic E-state index is 0.105. The van der Waals surface area contributed by atoms with Crippen LogP contribution in [0, 0.1) is 5.92 Å². The lowest BCUT2D eigenvalue weighted by Crippen LogP contribution is -2.30. The van der Waals surface area contributed by atoms with Crippen LogP contribution < -0.4 is 0 Å². The van der Waals surface area contributed by atoms with E-state index in [0.717, 1.165) is 95.8 Å². The maximum atomic E-state index is 13.1. The van der Waals surface area contributed by atoms with Crippen molar-refractivity contribution in [2.24, 2.45) is 5.92 Å². The Morgan fingerprint density at radius 1 is 0.283 bits per heavy atom. The number of aliphatic hydroxyl groups is 1. The Hall–Kier alpha value is -1.94. The van der Waals surface area contributed by atoms with Crippen molar-refractivity contribution < 1.29 is 80.2 Å². The summed E-state index contributed by atoms with van der Waals surface area (Å²) < 4.78 is 68.6. The topological polar surface area (TPSA) is 237 Å². The maximum Gasteiger partial charge on any atom is 0.472 e. The molecule has 17 nitrogen and oxygen atoms in total. The van der Waals surface area contributed by atoms with Gasteiger partial charge in [-0.05, 0) is 31.6 Å². The first-order valence-corrected chi connectivity index (χ1v) is 44.7. The zero-order valence-corrected chi connectivity index (χ0v) is 66.4. The molecule has 0 aliphatic heterocycles. The van der Waals surface area contributed by atoms with Crippen LogP contribution >= 0.6 is 15.6 Å². The van der Waals surface area contributed by atoms with E-state index < -0.39 is 97.5 Å². The second-order valence-corrected chi connectivity index (χ2v) is 32.0. The number of ether oxygens (including phenoxy) is 4. The van der Waals surface area contributed by atoms with Gasteiger partial charge in [-0.2, -0.15) is 0 Å². The molecule has 0 rings (SSSR count). The van der Waals surface area contributed by atoms with E-state index in [4.69, 9.17) is 37.0 Å². The Morgan fingerprint density at radius 2 is 0.485 bits per heavy atom. The largest absolute Gasteiger partial charge is 0.472 e. The number of aliphatic hydroxyl groups excluding tert-OH is 1. The molecule has 0 saturated carbocycles. The number of unbranched alkanes of at least 4 members (excludes halogenated alkanes) is 51. The van der Waals surface area contributed by atoms with Crippen LogP contribution in [0.3, 0.4) is 0 Å². The highest BCUT2D eigenvalue weighted by atomic mass is 31.2. The van der Waals surface area contributed by atoms with Crippen LogP contribution in [-0.4, -0.2) is 96.7 Å². The summed E-state index contributed by atoms with van der Waals surface area (Å²) in [5.74, 6) is -1.34. The molecular formula is C80H156O17P2. The van der Waals surface area contributed by atoms with E-state index in [1.54, 1.807) is 0 Å². The fourth-order valence-electron chi connectivity index (χ4n) is 12.4. The number of hydrogen-bond donors (Lipinski definition) is 3. The van der Waals surface area contributed by atoms with Crippen LogP contribution in [0.4, 0.5) is 0 Å². The minimum Gasteiger partial charge on any atom is -0.462 e. The van der Waals surface area contributed by atoms with Crippen molar-refractivity contribution in [3.63, 3.8) is 0 Å². The van der Waals surface area contributed by atoms with Gasteiger partial charge in [-0.25, -0.2) is 9.13 Å². The van der Waals surface area contributed by atoms with Gasteiger partial charge in [0, 0.05) is 25.7 Å². The molecule has 0 aliphatic carbocycles. The summed E-state index contributed by atoms with van der Waals surface area (Å²) >= 11 is 0. The molecule has 0 radical (unpaired) electrons. The summed E-state index contributed by atoms with van der Waals surface area (Å²) in [6.45, 7) is 7.30. The monoisotopic (exact) mass is 1450 g/mol. The number of hydrogen-bond acceptors (Lipinski definition) is 15. The fourth-order valence-corrected chi connectivity index (χ4v) is 14.0. The van der Waals surface area contributed by atoms with E-state index in [0.29, 0.717) is 25.7 Å². The first kappa shape index (κ1) is 97.1. The zero-order valence-electron chi connectivity index (χ0n) is 64.6. The quantitative estimate of drug-likeness (QED) is 0.0222. The number of carbonyl (C=O) groups excluding carboxylic acids is 4.